The predicted molar refractivity (Wildman–Crippen MR) is 121 cm³/mol. The van der Waals surface area contributed by atoms with Crippen LogP contribution in [0.4, 0.5) is 21.6 Å². The van der Waals surface area contributed by atoms with Crippen LogP contribution in [-0.4, -0.2) is 38.1 Å². The minimum atomic E-state index is -0.417. The van der Waals surface area contributed by atoms with Crippen LogP contribution in [0, 0.1) is 5.82 Å². The summed E-state index contributed by atoms with van der Waals surface area (Å²) in [6, 6.07) is 11.3. The van der Waals surface area contributed by atoms with Crippen molar-refractivity contribution in [3.8, 4) is 5.75 Å². The van der Waals surface area contributed by atoms with Crippen LogP contribution in [0.15, 0.2) is 61.2 Å². The number of aromatic nitrogens is 4. The Balaban J connectivity index is 1.42. The van der Waals surface area contributed by atoms with Crippen molar-refractivity contribution in [1.82, 2.24) is 19.7 Å². The number of carbonyl (C=O) groups is 1. The summed E-state index contributed by atoms with van der Waals surface area (Å²) in [5.74, 6) is 1.12. The number of nitrogens with one attached hydrogen (secondary N) is 2. The molecular formula is C22H20ClFN6O2. The van der Waals surface area contributed by atoms with Crippen molar-refractivity contribution in [2.24, 2.45) is 0 Å². The minimum Gasteiger partial charge on any atom is -0.493 e. The maximum absolute atomic E-state index is 13.3. The molecule has 0 unspecified atom stereocenters. The molecule has 2 N–H and O–H groups in total. The van der Waals surface area contributed by atoms with E-state index in [9.17, 15) is 9.18 Å². The first-order chi connectivity index (χ1) is 15.6. The van der Waals surface area contributed by atoms with Gasteiger partial charge in [0.05, 0.1) is 24.0 Å². The van der Waals surface area contributed by atoms with Crippen molar-refractivity contribution < 1.29 is 13.9 Å². The molecule has 0 radical (unpaired) electrons. The number of nitrogens with zero attached hydrogens (tertiary/aromatic N) is 4. The first-order valence-electron chi connectivity index (χ1n) is 9.89. The highest BCUT2D eigenvalue weighted by molar-refractivity contribution is 6.17. The molecule has 2 heterocycles. The maximum Gasteiger partial charge on any atom is 0.246 e. The van der Waals surface area contributed by atoms with Gasteiger partial charge in [0.2, 0.25) is 5.91 Å². The van der Waals surface area contributed by atoms with Gasteiger partial charge in [-0.1, -0.05) is 6.07 Å². The molecule has 0 aliphatic rings. The number of fused-ring (bicyclic) bond motifs is 1. The number of hydrogen-bond donors (Lipinski definition) is 2. The van der Waals surface area contributed by atoms with Crippen LogP contribution in [0.25, 0.3) is 10.9 Å². The fourth-order valence-electron chi connectivity index (χ4n) is 3.04. The van der Waals surface area contributed by atoms with Crippen LogP contribution in [-0.2, 0) is 11.3 Å². The highest BCUT2D eigenvalue weighted by Gasteiger charge is 2.09. The molecule has 0 saturated heterocycles. The first kappa shape index (κ1) is 21.5. The molecule has 8 nitrogen and oxygen atoms in total. The van der Waals surface area contributed by atoms with Crippen molar-refractivity contribution >= 4 is 45.6 Å². The van der Waals surface area contributed by atoms with Crippen LogP contribution >= 0.6 is 11.6 Å². The third kappa shape index (κ3) is 5.50. The third-order valence-electron chi connectivity index (χ3n) is 4.46. The Morgan fingerprint density at radius 3 is 2.91 bits per heavy atom. The van der Waals surface area contributed by atoms with E-state index in [2.05, 4.69) is 25.7 Å². The van der Waals surface area contributed by atoms with E-state index in [4.69, 9.17) is 16.3 Å². The van der Waals surface area contributed by atoms with Crippen LogP contribution in [0.2, 0.25) is 0 Å². The molecule has 0 spiro atoms. The Kier molecular flexibility index (Phi) is 6.76. The van der Waals surface area contributed by atoms with Gasteiger partial charge in [0.1, 0.15) is 30.3 Å². The van der Waals surface area contributed by atoms with Crippen molar-refractivity contribution in [3.63, 3.8) is 0 Å². The van der Waals surface area contributed by atoms with E-state index in [0.717, 1.165) is 17.3 Å². The molecule has 2 aromatic heterocycles. The van der Waals surface area contributed by atoms with Crippen LogP contribution in [0.1, 0.15) is 6.42 Å². The molecule has 0 fully saturated rings. The molecule has 0 aliphatic heterocycles. The summed E-state index contributed by atoms with van der Waals surface area (Å²) < 4.78 is 20.4. The average molecular weight is 455 g/mol. The summed E-state index contributed by atoms with van der Waals surface area (Å²) in [5.41, 5.74) is 1.78. The molecule has 0 saturated carbocycles. The van der Waals surface area contributed by atoms with E-state index in [1.165, 1.54) is 29.2 Å². The van der Waals surface area contributed by atoms with Crippen LogP contribution < -0.4 is 15.4 Å². The SMILES string of the molecule is O=C(Cn1cc(Nc2ncnc3cc(OCCCCl)ccc23)cn1)Nc1cccc(F)c1. The number of benzene rings is 2. The van der Waals surface area contributed by atoms with E-state index in [-0.39, 0.29) is 12.5 Å². The second-order valence-electron chi connectivity index (χ2n) is 6.90. The zero-order valence-corrected chi connectivity index (χ0v) is 17.7. The Bertz CT molecular complexity index is 1230. The monoisotopic (exact) mass is 454 g/mol. The Morgan fingerprint density at radius 1 is 1.16 bits per heavy atom. The zero-order valence-electron chi connectivity index (χ0n) is 17.0. The number of ether oxygens (including phenoxy) is 1. The molecule has 164 valence electrons. The van der Waals surface area contributed by atoms with Gasteiger partial charge in [-0.2, -0.15) is 5.10 Å². The van der Waals surface area contributed by atoms with Gasteiger partial charge in [-0.3, -0.25) is 9.48 Å². The second-order valence-corrected chi connectivity index (χ2v) is 7.28. The summed E-state index contributed by atoms with van der Waals surface area (Å²) >= 11 is 5.68. The molecule has 0 atom stereocenters. The Labute approximate surface area is 188 Å². The van der Waals surface area contributed by atoms with Gasteiger partial charge in [0.15, 0.2) is 0 Å². The number of alkyl halides is 1. The zero-order chi connectivity index (χ0) is 22.3. The molecule has 1 amide bonds. The van der Waals surface area contributed by atoms with Gasteiger partial charge in [0, 0.05) is 29.2 Å². The highest BCUT2D eigenvalue weighted by atomic mass is 35.5. The smallest absolute Gasteiger partial charge is 0.246 e. The van der Waals surface area contributed by atoms with E-state index >= 15 is 0 Å². The lowest BCUT2D eigenvalue weighted by molar-refractivity contribution is -0.116. The number of carbonyl (C=O) groups excluding carboxylic acids is 1. The highest BCUT2D eigenvalue weighted by Crippen LogP contribution is 2.26. The Hall–Kier alpha value is -3.72. The molecule has 32 heavy (non-hydrogen) atoms. The minimum absolute atomic E-state index is 0.0221. The van der Waals surface area contributed by atoms with Gasteiger partial charge in [-0.25, -0.2) is 14.4 Å². The lowest BCUT2D eigenvalue weighted by atomic mass is 10.2. The quantitative estimate of drug-likeness (QED) is 0.288. The topological polar surface area (TPSA) is 94.0 Å². The lowest BCUT2D eigenvalue weighted by Crippen LogP contribution is -2.19. The lowest BCUT2D eigenvalue weighted by Gasteiger charge is -2.09. The molecule has 2 aromatic carbocycles. The summed E-state index contributed by atoms with van der Waals surface area (Å²) in [6.07, 6.45) is 5.50. The largest absolute Gasteiger partial charge is 0.493 e. The van der Waals surface area contributed by atoms with E-state index in [1.54, 1.807) is 18.5 Å². The van der Waals surface area contributed by atoms with E-state index < -0.39 is 5.82 Å². The number of anilines is 3. The van der Waals surface area contributed by atoms with Crippen LogP contribution in [0.5, 0.6) is 5.75 Å². The molecule has 4 aromatic rings. The maximum atomic E-state index is 13.3. The van der Waals surface area contributed by atoms with Gasteiger partial charge in [-0.15, -0.1) is 11.6 Å². The standard InChI is InChI=1S/C22H20ClFN6O2/c23-7-2-8-32-18-5-6-19-20(10-18)25-14-26-22(19)29-17-11-27-30(12-17)13-21(31)28-16-4-1-3-15(24)9-16/h1,3-6,9-12,14H,2,7-8,13H2,(H,28,31)(H,25,26,29). The second kappa shape index (κ2) is 10.1. The van der Waals surface area contributed by atoms with E-state index in [1.807, 2.05) is 18.2 Å². The molecular weight excluding hydrogens is 435 g/mol. The summed E-state index contributed by atoms with van der Waals surface area (Å²) in [6.45, 7) is 0.517. The molecule has 10 heteroatoms. The van der Waals surface area contributed by atoms with Gasteiger partial charge in [-0.05, 0) is 36.8 Å². The third-order valence-corrected chi connectivity index (χ3v) is 4.73. The molecule has 0 aliphatic carbocycles. The van der Waals surface area contributed by atoms with E-state index in [0.29, 0.717) is 35.4 Å². The number of hydrogen-bond acceptors (Lipinski definition) is 6. The number of halogens is 2. The fraction of sp³-hybridized carbons (Fsp3) is 0.182. The Morgan fingerprint density at radius 2 is 2.06 bits per heavy atom. The van der Waals surface area contributed by atoms with Crippen LogP contribution in [0.3, 0.4) is 0 Å². The van der Waals surface area contributed by atoms with Gasteiger partial charge >= 0.3 is 0 Å². The normalized spacial score (nSPS) is 10.8. The fourth-order valence-corrected chi connectivity index (χ4v) is 3.15. The van der Waals surface area contributed by atoms with Crippen molar-refractivity contribution in [1.29, 1.82) is 0 Å². The average Bonchev–Trinajstić information content (AvgIpc) is 3.20. The summed E-state index contributed by atoms with van der Waals surface area (Å²) in [4.78, 5) is 20.8. The molecule has 0 bridgehead atoms. The number of rotatable bonds is 9. The van der Waals surface area contributed by atoms with Gasteiger partial charge < -0.3 is 15.4 Å². The first-order valence-corrected chi connectivity index (χ1v) is 10.4. The predicted octanol–water partition coefficient (Wildman–Crippen LogP) is 4.36. The summed E-state index contributed by atoms with van der Waals surface area (Å²) in [5, 5.41) is 10.8. The van der Waals surface area contributed by atoms with Crippen molar-refractivity contribution in [2.75, 3.05) is 23.1 Å². The van der Waals surface area contributed by atoms with Crippen molar-refractivity contribution in [3.05, 3.63) is 67.0 Å². The molecule has 4 rings (SSSR count). The summed E-state index contributed by atoms with van der Waals surface area (Å²) in [7, 11) is 0. The van der Waals surface area contributed by atoms with Gasteiger partial charge in [0.25, 0.3) is 0 Å². The van der Waals surface area contributed by atoms with Crippen molar-refractivity contribution in [2.45, 2.75) is 13.0 Å². The number of amides is 1.